The Morgan fingerprint density at radius 1 is 1.18 bits per heavy atom. The van der Waals surface area contributed by atoms with Crippen LogP contribution in [0.15, 0.2) is 42.7 Å². The van der Waals surface area contributed by atoms with Crippen molar-refractivity contribution in [1.82, 2.24) is 19.6 Å². The number of amides is 2. The first kappa shape index (κ1) is 18.8. The summed E-state index contributed by atoms with van der Waals surface area (Å²) in [5.41, 5.74) is 0.768. The fraction of sp³-hybridized carbons (Fsp3) is 0.524. The fourth-order valence-electron chi connectivity index (χ4n) is 4.10. The molecule has 0 aliphatic carbocycles. The zero-order chi connectivity index (χ0) is 19.2. The van der Waals surface area contributed by atoms with Gasteiger partial charge >= 0.3 is 6.03 Å². The maximum absolute atomic E-state index is 12.8. The summed E-state index contributed by atoms with van der Waals surface area (Å²) in [6.45, 7) is 5.23. The van der Waals surface area contributed by atoms with Crippen molar-refractivity contribution in [3.63, 3.8) is 0 Å². The number of hydrogen-bond donors (Lipinski definition) is 1. The lowest BCUT2D eigenvalue weighted by atomic mass is 10.0. The van der Waals surface area contributed by atoms with E-state index >= 15 is 0 Å². The van der Waals surface area contributed by atoms with Gasteiger partial charge in [-0.25, -0.2) is 4.79 Å². The van der Waals surface area contributed by atoms with E-state index in [0.717, 1.165) is 30.9 Å². The monoisotopic (exact) mass is 383 g/mol. The minimum atomic E-state index is -0.0161. The van der Waals surface area contributed by atoms with E-state index in [9.17, 15) is 4.79 Å². The van der Waals surface area contributed by atoms with E-state index in [4.69, 9.17) is 4.74 Å². The number of likely N-dealkylation sites (tertiary alicyclic amines) is 2. The number of aromatic nitrogens is 2. The van der Waals surface area contributed by atoms with Crippen LogP contribution in [0.4, 0.5) is 10.5 Å². The largest absolute Gasteiger partial charge is 0.492 e. The van der Waals surface area contributed by atoms with Gasteiger partial charge in [-0.1, -0.05) is 6.07 Å². The number of carbonyl (C=O) groups excluding carboxylic acids is 1. The highest BCUT2D eigenvalue weighted by Crippen LogP contribution is 2.22. The van der Waals surface area contributed by atoms with Gasteiger partial charge in [0.1, 0.15) is 12.4 Å². The maximum Gasteiger partial charge on any atom is 0.321 e. The molecule has 4 rings (SSSR count). The van der Waals surface area contributed by atoms with Crippen LogP contribution in [0.3, 0.4) is 0 Å². The molecule has 1 atom stereocenters. The van der Waals surface area contributed by atoms with Crippen LogP contribution in [0.5, 0.6) is 5.75 Å². The second kappa shape index (κ2) is 9.10. The van der Waals surface area contributed by atoms with Gasteiger partial charge in [0.15, 0.2) is 0 Å². The van der Waals surface area contributed by atoms with Crippen LogP contribution in [0.1, 0.15) is 25.7 Å². The van der Waals surface area contributed by atoms with Crippen molar-refractivity contribution in [3.05, 3.63) is 42.7 Å². The van der Waals surface area contributed by atoms with Crippen LogP contribution in [-0.4, -0.2) is 64.4 Å². The number of hydrogen-bond acceptors (Lipinski definition) is 4. The third-order valence-corrected chi connectivity index (χ3v) is 5.57. The van der Waals surface area contributed by atoms with Gasteiger partial charge < -0.3 is 15.0 Å². The molecule has 0 radical (unpaired) electrons. The minimum Gasteiger partial charge on any atom is -0.492 e. The smallest absolute Gasteiger partial charge is 0.321 e. The number of ether oxygens (including phenoxy) is 1. The summed E-state index contributed by atoms with van der Waals surface area (Å²) in [5.74, 6) is 0.749. The Labute approximate surface area is 166 Å². The van der Waals surface area contributed by atoms with Crippen molar-refractivity contribution in [1.29, 1.82) is 0 Å². The summed E-state index contributed by atoms with van der Waals surface area (Å²) in [6.07, 6.45) is 8.51. The van der Waals surface area contributed by atoms with Crippen molar-refractivity contribution in [3.8, 4) is 5.75 Å². The van der Waals surface area contributed by atoms with Crippen LogP contribution >= 0.6 is 0 Å². The number of urea groups is 1. The number of rotatable bonds is 6. The van der Waals surface area contributed by atoms with Gasteiger partial charge in [0.25, 0.3) is 0 Å². The molecular formula is C21H29N5O2. The number of piperidine rings is 1. The van der Waals surface area contributed by atoms with E-state index in [1.54, 1.807) is 6.20 Å². The quantitative estimate of drug-likeness (QED) is 0.833. The molecule has 1 aromatic heterocycles. The summed E-state index contributed by atoms with van der Waals surface area (Å²) in [4.78, 5) is 17.3. The summed E-state index contributed by atoms with van der Waals surface area (Å²) >= 11 is 0. The molecule has 2 aliphatic rings. The van der Waals surface area contributed by atoms with Crippen molar-refractivity contribution in [2.75, 3.05) is 38.1 Å². The highest BCUT2D eigenvalue weighted by Gasteiger charge is 2.29. The summed E-state index contributed by atoms with van der Waals surface area (Å²) < 4.78 is 7.63. The lowest BCUT2D eigenvalue weighted by molar-refractivity contribution is 0.132. The second-order valence-electron chi connectivity index (χ2n) is 7.56. The molecule has 2 aromatic rings. The molecule has 1 unspecified atom stereocenters. The van der Waals surface area contributed by atoms with Crippen LogP contribution in [0, 0.1) is 0 Å². The van der Waals surface area contributed by atoms with Gasteiger partial charge in [0.2, 0.25) is 0 Å². The Bertz CT molecular complexity index is 758. The predicted molar refractivity (Wildman–Crippen MR) is 109 cm³/mol. The topological polar surface area (TPSA) is 62.6 Å². The van der Waals surface area contributed by atoms with Gasteiger partial charge in [-0.2, -0.15) is 5.10 Å². The molecule has 150 valence electrons. The summed E-state index contributed by atoms with van der Waals surface area (Å²) in [7, 11) is 0. The molecular weight excluding hydrogens is 354 g/mol. The second-order valence-corrected chi connectivity index (χ2v) is 7.56. The Morgan fingerprint density at radius 3 is 2.89 bits per heavy atom. The minimum absolute atomic E-state index is 0.0161. The molecule has 3 heterocycles. The molecule has 28 heavy (non-hydrogen) atoms. The zero-order valence-corrected chi connectivity index (χ0v) is 16.3. The maximum atomic E-state index is 12.8. The fourth-order valence-corrected chi connectivity index (χ4v) is 4.10. The predicted octanol–water partition coefficient (Wildman–Crippen LogP) is 3.05. The molecule has 0 bridgehead atoms. The van der Waals surface area contributed by atoms with E-state index < -0.39 is 0 Å². The Hall–Kier alpha value is -2.54. The molecule has 7 heteroatoms. The van der Waals surface area contributed by atoms with E-state index in [1.807, 2.05) is 46.1 Å². The molecule has 0 spiro atoms. The molecule has 1 aromatic carbocycles. The Kier molecular flexibility index (Phi) is 6.11. The number of carbonyl (C=O) groups is 1. The highest BCUT2D eigenvalue weighted by atomic mass is 16.5. The molecule has 2 aliphatic heterocycles. The third kappa shape index (κ3) is 4.84. The van der Waals surface area contributed by atoms with Gasteiger partial charge in [0, 0.05) is 43.3 Å². The third-order valence-electron chi connectivity index (χ3n) is 5.57. The van der Waals surface area contributed by atoms with Crippen LogP contribution in [-0.2, 0) is 6.54 Å². The first-order valence-corrected chi connectivity index (χ1v) is 10.3. The van der Waals surface area contributed by atoms with Crippen molar-refractivity contribution < 1.29 is 9.53 Å². The number of nitrogens with one attached hydrogen (secondary N) is 1. The molecule has 0 saturated carbocycles. The van der Waals surface area contributed by atoms with Crippen molar-refractivity contribution in [2.24, 2.45) is 0 Å². The van der Waals surface area contributed by atoms with Gasteiger partial charge in [0.05, 0.1) is 6.54 Å². The van der Waals surface area contributed by atoms with Crippen LogP contribution in [0.2, 0.25) is 0 Å². The van der Waals surface area contributed by atoms with Crippen molar-refractivity contribution in [2.45, 2.75) is 38.3 Å². The van der Waals surface area contributed by atoms with Crippen LogP contribution < -0.4 is 10.1 Å². The Balaban J connectivity index is 1.28. The highest BCUT2D eigenvalue weighted by molar-refractivity contribution is 5.89. The first-order valence-electron chi connectivity index (χ1n) is 10.3. The SMILES string of the molecule is O=C(Nc1cccc(OCCn2cccn2)c1)N1CCCC(N2CCCC2)C1. The summed E-state index contributed by atoms with van der Waals surface area (Å²) in [5, 5.41) is 7.20. The van der Waals surface area contributed by atoms with E-state index in [2.05, 4.69) is 15.3 Å². The lowest BCUT2D eigenvalue weighted by Crippen LogP contribution is -2.50. The average Bonchev–Trinajstić information content (AvgIpc) is 3.43. The number of anilines is 1. The number of nitrogens with zero attached hydrogens (tertiary/aromatic N) is 4. The van der Waals surface area contributed by atoms with E-state index in [-0.39, 0.29) is 6.03 Å². The lowest BCUT2D eigenvalue weighted by Gasteiger charge is -2.37. The summed E-state index contributed by atoms with van der Waals surface area (Å²) in [6, 6.07) is 9.98. The van der Waals surface area contributed by atoms with Crippen molar-refractivity contribution >= 4 is 11.7 Å². The van der Waals surface area contributed by atoms with E-state index in [1.165, 1.54) is 32.4 Å². The van der Waals surface area contributed by atoms with Gasteiger partial charge in [-0.3, -0.25) is 9.58 Å². The molecule has 7 nitrogen and oxygen atoms in total. The van der Waals surface area contributed by atoms with Gasteiger partial charge in [-0.05, 0) is 57.0 Å². The Morgan fingerprint density at radius 2 is 2.07 bits per heavy atom. The van der Waals surface area contributed by atoms with Gasteiger partial charge in [-0.15, -0.1) is 0 Å². The van der Waals surface area contributed by atoms with E-state index in [0.29, 0.717) is 19.2 Å². The zero-order valence-electron chi connectivity index (χ0n) is 16.3. The first-order chi connectivity index (χ1) is 13.8. The molecule has 2 fully saturated rings. The molecule has 2 amide bonds. The molecule has 2 saturated heterocycles. The average molecular weight is 383 g/mol. The normalized spacial score (nSPS) is 20.3. The van der Waals surface area contributed by atoms with Crippen LogP contribution in [0.25, 0.3) is 0 Å². The standard InChI is InChI=1S/C21H29N5O2/c27-21(25-12-4-7-19(17-25)24-10-1-2-11-24)23-18-6-3-8-20(16-18)28-15-14-26-13-5-9-22-26/h3,5-6,8-9,13,16,19H,1-2,4,7,10-12,14-15,17H2,(H,23,27). The molecule has 1 N–H and O–H groups in total. The number of benzene rings is 1.